The van der Waals surface area contributed by atoms with Gasteiger partial charge in [0.1, 0.15) is 6.04 Å². The zero-order valence-electron chi connectivity index (χ0n) is 25.9. The lowest BCUT2D eigenvalue weighted by atomic mass is 9.97. The number of rotatable bonds is 21. The Hall–Kier alpha value is -1.47. The summed E-state index contributed by atoms with van der Waals surface area (Å²) >= 11 is 0. The Labute approximate surface area is 241 Å². The van der Waals surface area contributed by atoms with E-state index in [0.29, 0.717) is 19.4 Å². The summed E-state index contributed by atoms with van der Waals surface area (Å²) in [5.41, 5.74) is 0.926. The predicted molar refractivity (Wildman–Crippen MR) is 168 cm³/mol. The molecule has 6 heteroatoms. The van der Waals surface area contributed by atoms with Crippen molar-refractivity contribution in [2.45, 2.75) is 148 Å². The second-order valence-electron chi connectivity index (χ2n) is 12.7. The van der Waals surface area contributed by atoms with Crippen LogP contribution in [-0.2, 0) is 9.22 Å². The molecule has 1 unspecified atom stereocenters. The summed E-state index contributed by atoms with van der Waals surface area (Å²) in [5, 5.41) is 23.9. The molecule has 0 bridgehead atoms. The molecule has 3 N–H and O–H groups in total. The van der Waals surface area contributed by atoms with Crippen molar-refractivity contribution in [1.29, 1.82) is 0 Å². The van der Waals surface area contributed by atoms with E-state index in [0.717, 1.165) is 31.3 Å². The summed E-state index contributed by atoms with van der Waals surface area (Å²) in [6.45, 7) is 13.6. The Kier molecular flexibility index (Phi) is 17.1. The first-order valence-corrected chi connectivity index (χ1v) is 18.4. The highest BCUT2D eigenvalue weighted by molar-refractivity contribution is 6.74. The smallest absolute Gasteiger partial charge is 0.321 e. The van der Waals surface area contributed by atoms with Gasteiger partial charge in [0, 0.05) is 6.42 Å². The molecule has 0 amide bonds. The quantitative estimate of drug-likeness (QED) is 0.0564. The maximum Gasteiger partial charge on any atom is 0.321 e. The largest absolute Gasteiger partial charge is 0.480 e. The maximum atomic E-state index is 11.8. The van der Waals surface area contributed by atoms with E-state index in [2.05, 4.69) is 70.4 Å². The Bertz CT molecular complexity index is 809. The average Bonchev–Trinajstić information content (AvgIpc) is 2.85. The molecular formula is C33H59NO4Si. The summed E-state index contributed by atoms with van der Waals surface area (Å²) in [6.07, 6.45) is 29.8. The second-order valence-corrected chi connectivity index (χ2v) is 17.4. The van der Waals surface area contributed by atoms with Gasteiger partial charge in [-0.2, -0.15) is 0 Å². The van der Waals surface area contributed by atoms with E-state index in [1.54, 1.807) is 6.08 Å². The number of hydrogen-bond acceptors (Lipinski definition) is 4. The summed E-state index contributed by atoms with van der Waals surface area (Å²) in [6, 6.07) is -0.619. The fourth-order valence-electron chi connectivity index (χ4n) is 4.34. The molecule has 1 aliphatic rings. The first-order valence-electron chi connectivity index (χ1n) is 15.5. The highest BCUT2D eigenvalue weighted by Crippen LogP contribution is 2.40. The molecule has 0 saturated heterocycles. The Morgan fingerprint density at radius 1 is 1.03 bits per heavy atom. The van der Waals surface area contributed by atoms with Gasteiger partial charge in [0.15, 0.2) is 14.1 Å². The molecular weight excluding hydrogens is 502 g/mol. The number of unbranched alkanes of at least 4 members (excludes halogenated alkanes) is 9. The number of carbonyl (C=O) groups is 1. The van der Waals surface area contributed by atoms with E-state index in [9.17, 15) is 15.0 Å². The molecule has 0 saturated carbocycles. The van der Waals surface area contributed by atoms with E-state index in [1.165, 1.54) is 51.4 Å². The summed E-state index contributed by atoms with van der Waals surface area (Å²) in [7, 11) is -2.13. The van der Waals surface area contributed by atoms with Crippen molar-refractivity contribution in [3.63, 3.8) is 0 Å². The Morgan fingerprint density at radius 3 is 2.15 bits per heavy atom. The van der Waals surface area contributed by atoms with Gasteiger partial charge in [-0.1, -0.05) is 103 Å². The molecule has 0 radical (unpaired) electrons. The minimum atomic E-state index is -2.13. The van der Waals surface area contributed by atoms with E-state index in [1.807, 2.05) is 12.2 Å². The van der Waals surface area contributed by atoms with Crippen LogP contribution in [-0.4, -0.2) is 42.9 Å². The number of carboxylic acid groups (broad SMARTS) is 1. The highest BCUT2D eigenvalue weighted by atomic mass is 28.4. The molecule has 0 aromatic heterocycles. The van der Waals surface area contributed by atoms with Gasteiger partial charge in [0.25, 0.3) is 0 Å². The van der Waals surface area contributed by atoms with E-state index >= 15 is 0 Å². The van der Waals surface area contributed by atoms with Crippen molar-refractivity contribution in [3.05, 3.63) is 48.1 Å². The number of allylic oxidation sites excluding steroid dienone is 5. The van der Waals surface area contributed by atoms with Crippen LogP contribution >= 0.6 is 0 Å². The summed E-state index contributed by atoms with van der Waals surface area (Å²) < 4.78 is 6.22. The predicted octanol–water partition coefficient (Wildman–Crippen LogP) is 8.83. The van der Waals surface area contributed by atoms with Gasteiger partial charge >= 0.3 is 5.97 Å². The Morgan fingerprint density at radius 2 is 1.62 bits per heavy atom. The third-order valence-electron chi connectivity index (χ3n) is 7.96. The van der Waals surface area contributed by atoms with Crippen molar-refractivity contribution in [2.24, 2.45) is 0 Å². The van der Waals surface area contributed by atoms with Gasteiger partial charge in [-0.3, -0.25) is 4.79 Å². The van der Waals surface area contributed by atoms with Gasteiger partial charge < -0.3 is 20.0 Å². The molecule has 0 aromatic carbocycles. The third-order valence-corrected chi connectivity index (χ3v) is 12.4. The molecule has 1 aliphatic carbocycles. The highest BCUT2D eigenvalue weighted by Gasteiger charge is 2.43. The number of nitrogens with one attached hydrogen (secondary N) is 1. The maximum absolute atomic E-state index is 11.8. The lowest BCUT2D eigenvalue weighted by Gasteiger charge is -2.42. The van der Waals surface area contributed by atoms with Crippen molar-refractivity contribution in [1.82, 2.24) is 5.32 Å². The molecule has 2 atom stereocenters. The number of carboxylic acids is 1. The number of aliphatic carboxylic acids is 1. The lowest BCUT2D eigenvalue weighted by molar-refractivity contribution is -0.139. The molecule has 0 aromatic rings. The van der Waals surface area contributed by atoms with Crippen LogP contribution in [0, 0.1) is 0 Å². The molecule has 39 heavy (non-hydrogen) atoms. The standard InChI is InChI=1S/C33H59NO4Si/c1-7-8-9-10-11-12-13-14-15-16-17-18-19-20-21-22-27-34-30(31(35)36)28-29-23-25-33(37,26-24-29)38-39(5,6)32(2,3)4/h11-12,14-15,23-25,30,34,37H,7-10,13,16-22,26-28H2,1-6H3,(H,35,36)/b12-11-,15-14-/t30-,33?/m0/s1. The minimum absolute atomic E-state index is 0.000902. The monoisotopic (exact) mass is 561 g/mol. The van der Waals surface area contributed by atoms with Gasteiger partial charge in [0.05, 0.1) is 0 Å². The van der Waals surface area contributed by atoms with Crippen LogP contribution in [0.1, 0.15) is 118 Å². The molecule has 0 aliphatic heterocycles. The summed E-state index contributed by atoms with van der Waals surface area (Å²) in [4.78, 5) is 11.8. The molecule has 5 nitrogen and oxygen atoms in total. The fourth-order valence-corrected chi connectivity index (χ4v) is 5.69. The normalized spacial score (nSPS) is 19.2. The molecule has 0 fully saturated rings. The van der Waals surface area contributed by atoms with Crippen LogP contribution in [0.5, 0.6) is 0 Å². The van der Waals surface area contributed by atoms with Gasteiger partial charge in [0.2, 0.25) is 0 Å². The van der Waals surface area contributed by atoms with Crippen LogP contribution in [0.4, 0.5) is 0 Å². The fraction of sp³-hybridized carbons (Fsp3) is 0.727. The summed E-state index contributed by atoms with van der Waals surface area (Å²) in [5.74, 6) is -2.14. The zero-order chi connectivity index (χ0) is 29.2. The lowest BCUT2D eigenvalue weighted by Crippen LogP contribution is -2.49. The van der Waals surface area contributed by atoms with Crippen molar-refractivity contribution in [3.8, 4) is 0 Å². The number of hydrogen-bond donors (Lipinski definition) is 3. The minimum Gasteiger partial charge on any atom is -0.480 e. The average molecular weight is 562 g/mol. The second kappa shape index (κ2) is 18.8. The van der Waals surface area contributed by atoms with Crippen molar-refractivity contribution in [2.75, 3.05) is 6.54 Å². The van der Waals surface area contributed by atoms with Crippen LogP contribution in [0.2, 0.25) is 18.1 Å². The zero-order valence-corrected chi connectivity index (χ0v) is 26.9. The first kappa shape index (κ1) is 35.6. The van der Waals surface area contributed by atoms with Crippen molar-refractivity contribution >= 4 is 14.3 Å². The number of aliphatic hydroxyl groups is 1. The van der Waals surface area contributed by atoms with Crippen LogP contribution < -0.4 is 5.32 Å². The van der Waals surface area contributed by atoms with Gasteiger partial charge in [-0.15, -0.1) is 0 Å². The SMILES string of the molecule is CCCCC/C=C\C/C=C\CCCCCCCCN[C@@H](CC1=CCC(O)(O[Si](C)(C)C(C)(C)C)C=C1)C(=O)O. The molecule has 0 spiro atoms. The van der Waals surface area contributed by atoms with Crippen LogP contribution in [0.25, 0.3) is 0 Å². The third kappa shape index (κ3) is 15.8. The first-order chi connectivity index (χ1) is 18.4. The van der Waals surface area contributed by atoms with E-state index in [-0.39, 0.29) is 5.04 Å². The van der Waals surface area contributed by atoms with E-state index in [4.69, 9.17) is 4.43 Å². The van der Waals surface area contributed by atoms with E-state index < -0.39 is 26.1 Å². The molecule has 0 heterocycles. The van der Waals surface area contributed by atoms with Gasteiger partial charge in [-0.05, 0) is 81.3 Å². The molecule has 1 rings (SSSR count). The van der Waals surface area contributed by atoms with Gasteiger partial charge in [-0.25, -0.2) is 0 Å². The van der Waals surface area contributed by atoms with Crippen molar-refractivity contribution < 1.29 is 19.4 Å². The topological polar surface area (TPSA) is 78.8 Å². The molecule has 224 valence electrons. The Balaban J connectivity index is 2.19. The van der Waals surface area contributed by atoms with Crippen LogP contribution in [0.15, 0.2) is 48.1 Å². The van der Waals surface area contributed by atoms with Crippen LogP contribution in [0.3, 0.4) is 0 Å².